The highest BCUT2D eigenvalue weighted by Crippen LogP contribution is 2.22. The van der Waals surface area contributed by atoms with Gasteiger partial charge in [0.15, 0.2) is 0 Å². The van der Waals surface area contributed by atoms with Crippen molar-refractivity contribution in [3.63, 3.8) is 0 Å². The first-order chi connectivity index (χ1) is 8.20. The first-order valence-corrected chi connectivity index (χ1v) is 7.25. The molecule has 0 aliphatic heterocycles. The summed E-state index contributed by atoms with van der Waals surface area (Å²) in [6, 6.07) is 10.9. The lowest BCUT2D eigenvalue weighted by Gasteiger charge is -2.11. The Balaban J connectivity index is 2.07. The van der Waals surface area contributed by atoms with Crippen molar-refractivity contribution in [3.05, 3.63) is 35.9 Å². The van der Waals surface area contributed by atoms with Crippen LogP contribution in [0.1, 0.15) is 70.8 Å². The number of unbranched alkanes of at least 4 members (excludes halogenated alkanes) is 3. The van der Waals surface area contributed by atoms with Gasteiger partial charge in [-0.3, -0.25) is 0 Å². The fourth-order valence-corrected chi connectivity index (χ4v) is 2.30. The van der Waals surface area contributed by atoms with E-state index in [1.54, 1.807) is 0 Å². The maximum Gasteiger partial charge on any atom is -0.0190 e. The molecule has 1 aromatic carbocycles. The number of hydrogen-bond donors (Lipinski definition) is 0. The van der Waals surface area contributed by atoms with E-state index in [0.29, 0.717) is 0 Å². The zero-order valence-corrected chi connectivity index (χ0v) is 11.8. The predicted octanol–water partition coefficient (Wildman–Crippen LogP) is 5.79. The van der Waals surface area contributed by atoms with Gasteiger partial charge in [-0.15, -0.1) is 0 Å². The minimum absolute atomic E-state index is 0.723. The van der Waals surface area contributed by atoms with E-state index >= 15 is 0 Å². The van der Waals surface area contributed by atoms with Gasteiger partial charge in [-0.1, -0.05) is 83.2 Å². The molecule has 0 radical (unpaired) electrons. The second-order valence-corrected chi connectivity index (χ2v) is 5.70. The highest BCUT2D eigenvalue weighted by molar-refractivity contribution is 5.18. The standard InChI is InChI=1S/C17H28/c1-15(2)11-7-4-5-8-12-16(3)17-13-9-6-10-14-17/h6,9-10,13-16H,4-5,7-8,11-12H2,1-3H3. The molecule has 0 N–H and O–H groups in total. The summed E-state index contributed by atoms with van der Waals surface area (Å²) < 4.78 is 0. The van der Waals surface area contributed by atoms with Gasteiger partial charge in [-0.05, 0) is 23.8 Å². The SMILES string of the molecule is CC(C)CCCCCCC(C)c1ccccc1. The van der Waals surface area contributed by atoms with Crippen LogP contribution < -0.4 is 0 Å². The Morgan fingerprint density at radius 3 is 1.94 bits per heavy atom. The Morgan fingerprint density at radius 1 is 0.765 bits per heavy atom. The summed E-state index contributed by atoms with van der Waals surface area (Å²) in [5.74, 6) is 1.60. The fraction of sp³-hybridized carbons (Fsp3) is 0.647. The van der Waals surface area contributed by atoms with Crippen molar-refractivity contribution in [1.29, 1.82) is 0 Å². The fourth-order valence-electron chi connectivity index (χ4n) is 2.30. The van der Waals surface area contributed by atoms with Crippen LogP contribution in [0.15, 0.2) is 30.3 Å². The van der Waals surface area contributed by atoms with E-state index in [2.05, 4.69) is 51.1 Å². The second kappa shape index (κ2) is 8.33. The van der Waals surface area contributed by atoms with E-state index in [1.807, 2.05) is 0 Å². The van der Waals surface area contributed by atoms with Crippen molar-refractivity contribution in [2.24, 2.45) is 5.92 Å². The molecule has 0 aliphatic rings. The number of rotatable bonds is 8. The average molecular weight is 232 g/mol. The minimum Gasteiger partial charge on any atom is -0.0628 e. The van der Waals surface area contributed by atoms with E-state index in [9.17, 15) is 0 Å². The molecule has 0 saturated carbocycles. The zero-order valence-electron chi connectivity index (χ0n) is 11.8. The molecule has 0 fully saturated rings. The number of benzene rings is 1. The highest BCUT2D eigenvalue weighted by atomic mass is 14.1. The lowest BCUT2D eigenvalue weighted by molar-refractivity contribution is 0.506. The van der Waals surface area contributed by atoms with Gasteiger partial charge in [0.2, 0.25) is 0 Å². The van der Waals surface area contributed by atoms with E-state index in [0.717, 1.165) is 11.8 Å². The third-order valence-electron chi connectivity index (χ3n) is 3.54. The molecule has 0 saturated heterocycles. The Bertz CT molecular complexity index is 273. The molecule has 0 aromatic heterocycles. The first-order valence-electron chi connectivity index (χ1n) is 7.25. The summed E-state index contributed by atoms with van der Waals surface area (Å²) in [6.45, 7) is 6.98. The topological polar surface area (TPSA) is 0 Å². The summed E-state index contributed by atoms with van der Waals surface area (Å²) in [6.07, 6.45) is 8.36. The van der Waals surface area contributed by atoms with Crippen LogP contribution in [-0.4, -0.2) is 0 Å². The third kappa shape index (κ3) is 6.51. The molecule has 0 bridgehead atoms. The molecule has 0 heterocycles. The van der Waals surface area contributed by atoms with Crippen LogP contribution in [0.2, 0.25) is 0 Å². The van der Waals surface area contributed by atoms with Gasteiger partial charge in [0.05, 0.1) is 0 Å². The lowest BCUT2D eigenvalue weighted by atomic mass is 9.94. The van der Waals surface area contributed by atoms with Crippen molar-refractivity contribution in [1.82, 2.24) is 0 Å². The molecule has 1 rings (SSSR count). The highest BCUT2D eigenvalue weighted by Gasteiger charge is 2.04. The van der Waals surface area contributed by atoms with Crippen LogP contribution in [0, 0.1) is 5.92 Å². The quantitative estimate of drug-likeness (QED) is 0.498. The molecule has 17 heavy (non-hydrogen) atoms. The second-order valence-electron chi connectivity index (χ2n) is 5.70. The Morgan fingerprint density at radius 2 is 1.35 bits per heavy atom. The van der Waals surface area contributed by atoms with Crippen LogP contribution >= 0.6 is 0 Å². The summed E-state index contributed by atoms with van der Waals surface area (Å²) in [5.41, 5.74) is 1.50. The largest absolute Gasteiger partial charge is 0.0628 e. The molecule has 0 aliphatic carbocycles. The van der Waals surface area contributed by atoms with E-state index in [-0.39, 0.29) is 0 Å². The molecule has 96 valence electrons. The summed E-state index contributed by atoms with van der Waals surface area (Å²) in [5, 5.41) is 0. The molecule has 0 heteroatoms. The monoisotopic (exact) mass is 232 g/mol. The normalized spacial score (nSPS) is 12.9. The molecular weight excluding hydrogens is 204 g/mol. The van der Waals surface area contributed by atoms with Crippen LogP contribution in [-0.2, 0) is 0 Å². The molecule has 1 atom stereocenters. The van der Waals surface area contributed by atoms with Crippen LogP contribution in [0.4, 0.5) is 0 Å². The first kappa shape index (κ1) is 14.3. The summed E-state index contributed by atoms with van der Waals surface area (Å²) >= 11 is 0. The smallest absolute Gasteiger partial charge is 0.0190 e. The molecule has 0 spiro atoms. The molecule has 0 amide bonds. The van der Waals surface area contributed by atoms with Gasteiger partial charge >= 0.3 is 0 Å². The van der Waals surface area contributed by atoms with E-state index in [1.165, 1.54) is 44.1 Å². The van der Waals surface area contributed by atoms with Crippen LogP contribution in [0.3, 0.4) is 0 Å². The van der Waals surface area contributed by atoms with Crippen molar-refractivity contribution < 1.29 is 0 Å². The van der Waals surface area contributed by atoms with Crippen molar-refractivity contribution >= 4 is 0 Å². The number of hydrogen-bond acceptors (Lipinski definition) is 0. The predicted molar refractivity (Wildman–Crippen MR) is 77.4 cm³/mol. The zero-order chi connectivity index (χ0) is 12.5. The van der Waals surface area contributed by atoms with Crippen molar-refractivity contribution in [2.75, 3.05) is 0 Å². The van der Waals surface area contributed by atoms with Crippen molar-refractivity contribution in [2.45, 2.75) is 65.2 Å². The maximum absolute atomic E-state index is 2.35. The maximum atomic E-state index is 2.35. The van der Waals surface area contributed by atoms with E-state index in [4.69, 9.17) is 0 Å². The Labute approximate surface area is 107 Å². The molecule has 0 nitrogen and oxygen atoms in total. The van der Waals surface area contributed by atoms with Crippen molar-refractivity contribution in [3.8, 4) is 0 Å². The van der Waals surface area contributed by atoms with Gasteiger partial charge in [-0.2, -0.15) is 0 Å². The Hall–Kier alpha value is -0.780. The summed E-state index contributed by atoms with van der Waals surface area (Å²) in [4.78, 5) is 0. The molecular formula is C17H28. The lowest BCUT2D eigenvalue weighted by Crippen LogP contribution is -1.93. The van der Waals surface area contributed by atoms with Gasteiger partial charge in [0, 0.05) is 0 Å². The van der Waals surface area contributed by atoms with Gasteiger partial charge in [0.25, 0.3) is 0 Å². The molecule has 1 unspecified atom stereocenters. The van der Waals surface area contributed by atoms with Crippen LogP contribution in [0.5, 0.6) is 0 Å². The van der Waals surface area contributed by atoms with Gasteiger partial charge in [0.1, 0.15) is 0 Å². The van der Waals surface area contributed by atoms with E-state index < -0.39 is 0 Å². The van der Waals surface area contributed by atoms with Crippen LogP contribution in [0.25, 0.3) is 0 Å². The third-order valence-corrected chi connectivity index (χ3v) is 3.54. The average Bonchev–Trinajstić information content (AvgIpc) is 2.34. The Kier molecular flexibility index (Phi) is 7.00. The minimum atomic E-state index is 0.723. The van der Waals surface area contributed by atoms with Gasteiger partial charge < -0.3 is 0 Å². The molecule has 1 aromatic rings. The van der Waals surface area contributed by atoms with Gasteiger partial charge in [-0.25, -0.2) is 0 Å². The summed E-state index contributed by atoms with van der Waals surface area (Å²) in [7, 11) is 0.